The normalized spacial score (nSPS) is 14.1. The molecule has 3 heterocycles. The van der Waals surface area contributed by atoms with Crippen molar-refractivity contribution in [3.05, 3.63) is 126 Å². The summed E-state index contributed by atoms with van der Waals surface area (Å²) < 4.78 is 4.80. The first-order valence-corrected chi connectivity index (χ1v) is 13.6. The van der Waals surface area contributed by atoms with Gasteiger partial charge in [0.2, 0.25) is 0 Å². The summed E-state index contributed by atoms with van der Waals surface area (Å²) >= 11 is 0. The largest absolute Gasteiger partial charge is 0.294 e. The monoisotopic (exact) mass is 499 g/mol. The van der Waals surface area contributed by atoms with Gasteiger partial charge in [-0.1, -0.05) is 105 Å². The predicted molar refractivity (Wildman–Crippen MR) is 162 cm³/mol. The van der Waals surface area contributed by atoms with E-state index in [2.05, 4.69) is 138 Å². The molecule has 0 fully saturated rings. The maximum Gasteiger partial charge on any atom is 0.151 e. The Bertz CT molecular complexity index is 2310. The Hall–Kier alpha value is -4.89. The molecular weight excluding hydrogens is 474 g/mol. The number of fused-ring (bicyclic) bond motifs is 13. The molecule has 0 unspecified atom stereocenters. The minimum atomic E-state index is -0.0631. The van der Waals surface area contributed by atoms with Gasteiger partial charge in [-0.15, -0.1) is 0 Å². The average molecular weight is 500 g/mol. The lowest BCUT2D eigenvalue weighted by Crippen LogP contribution is -2.15. The first-order valence-electron chi connectivity index (χ1n) is 13.6. The summed E-state index contributed by atoms with van der Waals surface area (Å²) in [6, 6.07) is 41.9. The lowest BCUT2D eigenvalue weighted by Gasteiger charge is -2.22. The Morgan fingerprint density at radius 3 is 2.05 bits per heavy atom. The summed E-state index contributed by atoms with van der Waals surface area (Å²) in [7, 11) is 0. The van der Waals surface area contributed by atoms with Gasteiger partial charge in [0.15, 0.2) is 5.65 Å². The number of aromatic nitrogens is 3. The summed E-state index contributed by atoms with van der Waals surface area (Å²) in [6.45, 7) is 4.69. The third-order valence-corrected chi connectivity index (χ3v) is 8.89. The number of para-hydroxylation sites is 2. The van der Waals surface area contributed by atoms with Crippen LogP contribution in [0, 0.1) is 0 Å². The van der Waals surface area contributed by atoms with Crippen molar-refractivity contribution in [2.24, 2.45) is 0 Å². The van der Waals surface area contributed by atoms with Gasteiger partial charge in [-0.3, -0.25) is 8.97 Å². The SMILES string of the molecule is CC1(C)c2ccccc2-c2ccc(-n3c4ccccc4c4nc5c6ccccc6c6ccccc6n5c43)cc21. The van der Waals surface area contributed by atoms with Crippen molar-refractivity contribution in [2.75, 3.05) is 0 Å². The molecule has 0 N–H and O–H groups in total. The highest BCUT2D eigenvalue weighted by Crippen LogP contribution is 2.49. The second kappa shape index (κ2) is 7.15. The lowest BCUT2D eigenvalue weighted by atomic mass is 9.82. The van der Waals surface area contributed by atoms with E-state index in [-0.39, 0.29) is 5.41 Å². The van der Waals surface area contributed by atoms with Gasteiger partial charge in [-0.25, -0.2) is 4.98 Å². The molecule has 1 aliphatic carbocycles. The van der Waals surface area contributed by atoms with Crippen LogP contribution in [-0.4, -0.2) is 14.0 Å². The third kappa shape index (κ3) is 2.55. The highest BCUT2D eigenvalue weighted by atomic mass is 15.2. The summed E-state index contributed by atoms with van der Waals surface area (Å²) in [4.78, 5) is 5.34. The van der Waals surface area contributed by atoms with Crippen molar-refractivity contribution < 1.29 is 0 Å². The number of pyridine rings is 1. The molecule has 0 saturated heterocycles. The fourth-order valence-corrected chi connectivity index (χ4v) is 7.09. The van der Waals surface area contributed by atoms with E-state index in [1.54, 1.807) is 0 Å². The maximum atomic E-state index is 5.34. The van der Waals surface area contributed by atoms with Gasteiger partial charge in [0.25, 0.3) is 0 Å². The number of rotatable bonds is 1. The van der Waals surface area contributed by atoms with Crippen molar-refractivity contribution in [2.45, 2.75) is 19.3 Å². The zero-order valence-electron chi connectivity index (χ0n) is 21.8. The topological polar surface area (TPSA) is 22.2 Å². The molecule has 8 aromatic rings. The van der Waals surface area contributed by atoms with E-state index in [1.165, 1.54) is 60.5 Å². The summed E-state index contributed by atoms with van der Waals surface area (Å²) in [5.74, 6) is 0. The van der Waals surface area contributed by atoms with Crippen molar-refractivity contribution in [3.63, 3.8) is 0 Å². The molecule has 0 spiro atoms. The molecule has 1 aliphatic rings. The average Bonchev–Trinajstić information content (AvgIpc) is 3.59. The van der Waals surface area contributed by atoms with Crippen LogP contribution in [0.25, 0.3) is 66.2 Å². The van der Waals surface area contributed by atoms with Crippen molar-refractivity contribution >= 4 is 49.4 Å². The second-order valence-corrected chi connectivity index (χ2v) is 11.3. The van der Waals surface area contributed by atoms with E-state index in [4.69, 9.17) is 4.98 Å². The van der Waals surface area contributed by atoms with Crippen LogP contribution in [0.1, 0.15) is 25.0 Å². The molecule has 0 radical (unpaired) electrons. The van der Waals surface area contributed by atoms with Crippen LogP contribution >= 0.6 is 0 Å². The Morgan fingerprint density at radius 2 is 1.21 bits per heavy atom. The summed E-state index contributed by atoms with van der Waals surface area (Å²) in [5.41, 5.74) is 12.1. The van der Waals surface area contributed by atoms with Crippen LogP contribution in [0.3, 0.4) is 0 Å². The number of hydrogen-bond donors (Lipinski definition) is 0. The van der Waals surface area contributed by atoms with Crippen LogP contribution in [0.5, 0.6) is 0 Å². The van der Waals surface area contributed by atoms with Crippen LogP contribution in [-0.2, 0) is 5.41 Å². The molecule has 184 valence electrons. The van der Waals surface area contributed by atoms with E-state index in [0.717, 1.165) is 16.8 Å². The van der Waals surface area contributed by atoms with E-state index in [1.807, 2.05) is 0 Å². The molecule has 3 aromatic heterocycles. The van der Waals surface area contributed by atoms with Crippen LogP contribution < -0.4 is 0 Å². The molecular formula is C36H25N3. The minimum absolute atomic E-state index is 0.0631. The molecule has 0 bridgehead atoms. The van der Waals surface area contributed by atoms with E-state index in [0.29, 0.717) is 0 Å². The van der Waals surface area contributed by atoms with Crippen LogP contribution in [0.2, 0.25) is 0 Å². The molecule has 0 atom stereocenters. The molecule has 0 saturated carbocycles. The van der Waals surface area contributed by atoms with E-state index in [9.17, 15) is 0 Å². The minimum Gasteiger partial charge on any atom is -0.294 e. The number of imidazole rings is 1. The van der Waals surface area contributed by atoms with Crippen molar-refractivity contribution in [1.29, 1.82) is 0 Å². The molecule has 0 amide bonds. The number of benzene rings is 5. The van der Waals surface area contributed by atoms with Gasteiger partial charge in [0.05, 0.1) is 11.0 Å². The highest BCUT2D eigenvalue weighted by molar-refractivity contribution is 6.16. The zero-order valence-corrected chi connectivity index (χ0v) is 21.8. The number of hydrogen-bond acceptors (Lipinski definition) is 1. The van der Waals surface area contributed by atoms with E-state index < -0.39 is 0 Å². The zero-order chi connectivity index (χ0) is 25.9. The van der Waals surface area contributed by atoms with Gasteiger partial charge >= 0.3 is 0 Å². The molecule has 3 nitrogen and oxygen atoms in total. The quantitative estimate of drug-likeness (QED) is 0.207. The van der Waals surface area contributed by atoms with Gasteiger partial charge in [0.1, 0.15) is 11.2 Å². The van der Waals surface area contributed by atoms with Crippen molar-refractivity contribution in [3.8, 4) is 16.8 Å². The van der Waals surface area contributed by atoms with Crippen molar-refractivity contribution in [1.82, 2.24) is 14.0 Å². The third-order valence-electron chi connectivity index (χ3n) is 8.89. The molecule has 5 aromatic carbocycles. The van der Waals surface area contributed by atoms with Crippen LogP contribution in [0.15, 0.2) is 115 Å². The highest BCUT2D eigenvalue weighted by Gasteiger charge is 2.35. The van der Waals surface area contributed by atoms with Gasteiger partial charge in [-0.2, -0.15) is 0 Å². The lowest BCUT2D eigenvalue weighted by molar-refractivity contribution is 0.660. The second-order valence-electron chi connectivity index (χ2n) is 11.3. The Labute approximate surface area is 225 Å². The Balaban J connectivity index is 1.47. The van der Waals surface area contributed by atoms with Gasteiger partial charge in [0, 0.05) is 27.3 Å². The Kier molecular flexibility index (Phi) is 3.86. The van der Waals surface area contributed by atoms with Gasteiger partial charge in [-0.05, 0) is 51.9 Å². The smallest absolute Gasteiger partial charge is 0.151 e. The fraction of sp³-hybridized carbons (Fsp3) is 0.0833. The fourth-order valence-electron chi connectivity index (χ4n) is 7.09. The van der Waals surface area contributed by atoms with Crippen LogP contribution in [0.4, 0.5) is 0 Å². The van der Waals surface area contributed by atoms with Gasteiger partial charge < -0.3 is 0 Å². The summed E-state index contributed by atoms with van der Waals surface area (Å²) in [6.07, 6.45) is 0. The first-order chi connectivity index (χ1) is 19.1. The molecule has 0 aliphatic heterocycles. The molecule has 9 rings (SSSR count). The Morgan fingerprint density at radius 1 is 0.564 bits per heavy atom. The molecule has 3 heteroatoms. The summed E-state index contributed by atoms with van der Waals surface area (Å²) in [5, 5.41) is 4.82. The molecule has 39 heavy (non-hydrogen) atoms. The first kappa shape index (κ1) is 21.1. The maximum absolute atomic E-state index is 5.34. The van der Waals surface area contributed by atoms with E-state index >= 15 is 0 Å². The predicted octanol–water partition coefficient (Wildman–Crippen LogP) is 9.04. The number of nitrogens with zero attached hydrogens (tertiary/aromatic N) is 3. The standard InChI is InChI=1S/C36H25N3/c1-36(2)29-16-8-5-12-24(29)25-20-19-22(21-30(25)36)38-32-18-10-7-15-28(32)33-35(38)39-31-17-9-6-13-26(31)23-11-3-4-14-27(23)34(39)37-33/h3-21H,1-2H3.